The van der Waals surface area contributed by atoms with Crippen molar-refractivity contribution in [3.8, 4) is 0 Å². The van der Waals surface area contributed by atoms with Crippen LogP contribution in [-0.4, -0.2) is 18.6 Å². The molecule has 0 aromatic heterocycles. The zero-order valence-electron chi connectivity index (χ0n) is 5.76. The summed E-state index contributed by atoms with van der Waals surface area (Å²) in [5.41, 5.74) is 0. The highest BCUT2D eigenvalue weighted by Gasteiger charge is 2.05. The predicted octanol–water partition coefficient (Wildman–Crippen LogP) is 1.47. The largest absolute Gasteiger partial charge is 0.391 e. The third-order valence-corrected chi connectivity index (χ3v) is 2.29. The highest BCUT2D eigenvalue weighted by molar-refractivity contribution is 7.98. The van der Waals surface area contributed by atoms with E-state index in [4.69, 9.17) is 0 Å². The van der Waals surface area contributed by atoms with E-state index < -0.39 is 0 Å². The molecule has 0 aromatic carbocycles. The van der Waals surface area contributed by atoms with E-state index in [0.717, 1.165) is 12.5 Å². The fourth-order valence-electron chi connectivity index (χ4n) is 1.01. The van der Waals surface area contributed by atoms with E-state index in [0.29, 0.717) is 0 Å². The molecule has 0 aliphatic carbocycles. The molecular formula is C7H13NS. The third kappa shape index (κ3) is 2.31. The Morgan fingerprint density at radius 1 is 1.78 bits per heavy atom. The molecule has 0 radical (unpaired) electrons. The summed E-state index contributed by atoms with van der Waals surface area (Å²) in [6, 6.07) is 0. The van der Waals surface area contributed by atoms with Crippen LogP contribution in [0.3, 0.4) is 0 Å². The summed E-state index contributed by atoms with van der Waals surface area (Å²) in [6.07, 6.45) is 7.80. The summed E-state index contributed by atoms with van der Waals surface area (Å²) in [7, 11) is 0. The van der Waals surface area contributed by atoms with Crippen molar-refractivity contribution in [2.24, 2.45) is 5.92 Å². The topological polar surface area (TPSA) is 12.0 Å². The molecule has 0 amide bonds. The summed E-state index contributed by atoms with van der Waals surface area (Å²) in [6.45, 7) is 1.15. The van der Waals surface area contributed by atoms with Crippen molar-refractivity contribution in [2.75, 3.05) is 18.6 Å². The minimum absolute atomic E-state index is 0.821. The summed E-state index contributed by atoms with van der Waals surface area (Å²) in [5, 5.41) is 3.18. The van der Waals surface area contributed by atoms with Gasteiger partial charge in [-0.2, -0.15) is 11.8 Å². The minimum Gasteiger partial charge on any atom is -0.391 e. The van der Waals surface area contributed by atoms with E-state index in [2.05, 4.69) is 23.8 Å². The maximum absolute atomic E-state index is 3.18. The second-order valence-corrected chi connectivity index (χ2v) is 3.23. The van der Waals surface area contributed by atoms with Crippen LogP contribution in [0.5, 0.6) is 0 Å². The van der Waals surface area contributed by atoms with Gasteiger partial charge in [0.2, 0.25) is 0 Å². The van der Waals surface area contributed by atoms with Crippen LogP contribution in [-0.2, 0) is 0 Å². The van der Waals surface area contributed by atoms with Crippen LogP contribution in [0.15, 0.2) is 12.3 Å². The van der Waals surface area contributed by atoms with E-state index >= 15 is 0 Å². The van der Waals surface area contributed by atoms with Crippen molar-refractivity contribution in [1.29, 1.82) is 0 Å². The van der Waals surface area contributed by atoms with Crippen molar-refractivity contribution in [1.82, 2.24) is 5.32 Å². The van der Waals surface area contributed by atoms with Crippen molar-refractivity contribution in [3.05, 3.63) is 12.3 Å². The van der Waals surface area contributed by atoms with Gasteiger partial charge in [0.05, 0.1) is 0 Å². The lowest BCUT2D eigenvalue weighted by Gasteiger charge is -2.15. The number of rotatable bonds is 2. The summed E-state index contributed by atoms with van der Waals surface area (Å²) >= 11 is 1.93. The fourth-order valence-corrected chi connectivity index (χ4v) is 1.71. The molecule has 0 spiro atoms. The van der Waals surface area contributed by atoms with Crippen LogP contribution < -0.4 is 5.32 Å². The summed E-state index contributed by atoms with van der Waals surface area (Å²) < 4.78 is 0. The molecule has 0 aromatic rings. The molecule has 0 saturated carbocycles. The molecule has 0 fully saturated rings. The first-order valence-electron chi connectivity index (χ1n) is 3.32. The quantitative estimate of drug-likeness (QED) is 0.628. The van der Waals surface area contributed by atoms with Gasteiger partial charge in [0, 0.05) is 6.54 Å². The zero-order valence-corrected chi connectivity index (χ0v) is 6.58. The Kier molecular flexibility index (Phi) is 2.98. The van der Waals surface area contributed by atoms with Gasteiger partial charge in [-0.1, -0.05) is 6.08 Å². The fraction of sp³-hybridized carbons (Fsp3) is 0.714. The van der Waals surface area contributed by atoms with Crippen LogP contribution in [0.25, 0.3) is 0 Å². The first-order valence-corrected chi connectivity index (χ1v) is 4.72. The number of hydrogen-bond acceptors (Lipinski definition) is 2. The molecule has 1 nitrogen and oxygen atoms in total. The molecule has 52 valence electrons. The first-order chi connectivity index (χ1) is 4.43. The van der Waals surface area contributed by atoms with Crippen molar-refractivity contribution in [3.63, 3.8) is 0 Å². The maximum Gasteiger partial charge on any atom is 0.0147 e. The van der Waals surface area contributed by atoms with Crippen molar-refractivity contribution >= 4 is 11.8 Å². The number of thioether (sulfide) groups is 1. The molecule has 1 atom stereocenters. The molecule has 1 heterocycles. The molecule has 2 heteroatoms. The second kappa shape index (κ2) is 3.83. The Labute approximate surface area is 60.9 Å². The van der Waals surface area contributed by atoms with Crippen LogP contribution in [0, 0.1) is 5.92 Å². The van der Waals surface area contributed by atoms with E-state index in [1.165, 1.54) is 12.2 Å². The van der Waals surface area contributed by atoms with Crippen molar-refractivity contribution in [2.45, 2.75) is 6.42 Å². The molecule has 0 bridgehead atoms. The smallest absolute Gasteiger partial charge is 0.0147 e. The SMILES string of the molecule is CSCC1C=CNCC1. The second-order valence-electron chi connectivity index (χ2n) is 2.32. The highest BCUT2D eigenvalue weighted by atomic mass is 32.2. The average Bonchev–Trinajstić information content (AvgIpc) is 1.91. The number of nitrogens with one attached hydrogen (secondary N) is 1. The van der Waals surface area contributed by atoms with Gasteiger partial charge in [-0.15, -0.1) is 0 Å². The Morgan fingerprint density at radius 2 is 2.67 bits per heavy atom. The Bertz CT molecular complexity index is 101. The number of hydrogen-bond donors (Lipinski definition) is 1. The van der Waals surface area contributed by atoms with Gasteiger partial charge in [0.15, 0.2) is 0 Å². The zero-order chi connectivity index (χ0) is 6.53. The van der Waals surface area contributed by atoms with Crippen LogP contribution >= 0.6 is 11.8 Å². The first kappa shape index (κ1) is 7.00. The monoisotopic (exact) mass is 143 g/mol. The number of allylic oxidation sites excluding steroid dienone is 1. The molecule has 9 heavy (non-hydrogen) atoms. The van der Waals surface area contributed by atoms with Gasteiger partial charge in [0.1, 0.15) is 0 Å². The van der Waals surface area contributed by atoms with Gasteiger partial charge >= 0.3 is 0 Å². The molecule has 1 unspecified atom stereocenters. The molecular weight excluding hydrogens is 130 g/mol. The Balaban J connectivity index is 2.23. The van der Waals surface area contributed by atoms with Gasteiger partial charge in [-0.05, 0) is 30.5 Å². The lowest BCUT2D eigenvalue weighted by molar-refractivity contribution is 0.598. The van der Waals surface area contributed by atoms with Gasteiger partial charge in [0.25, 0.3) is 0 Å². The maximum atomic E-state index is 3.18. The molecule has 1 aliphatic rings. The normalized spacial score (nSPS) is 25.7. The van der Waals surface area contributed by atoms with Crippen LogP contribution in [0.2, 0.25) is 0 Å². The summed E-state index contributed by atoms with van der Waals surface area (Å²) in [4.78, 5) is 0. The van der Waals surface area contributed by atoms with E-state index in [9.17, 15) is 0 Å². The van der Waals surface area contributed by atoms with Crippen LogP contribution in [0.1, 0.15) is 6.42 Å². The van der Waals surface area contributed by atoms with Gasteiger partial charge in [-0.25, -0.2) is 0 Å². The average molecular weight is 143 g/mol. The molecule has 1 aliphatic heterocycles. The van der Waals surface area contributed by atoms with E-state index in [1.54, 1.807) is 0 Å². The van der Waals surface area contributed by atoms with Crippen molar-refractivity contribution < 1.29 is 0 Å². The Morgan fingerprint density at radius 3 is 3.22 bits per heavy atom. The van der Waals surface area contributed by atoms with E-state index in [-0.39, 0.29) is 0 Å². The summed E-state index contributed by atoms with van der Waals surface area (Å²) in [5.74, 6) is 2.10. The van der Waals surface area contributed by atoms with Gasteiger partial charge in [-0.3, -0.25) is 0 Å². The molecule has 1 rings (SSSR count). The highest BCUT2D eigenvalue weighted by Crippen LogP contribution is 2.12. The standard InChI is InChI=1S/C7H13NS/c1-9-6-7-2-4-8-5-3-7/h2,4,7-8H,3,5-6H2,1H3. The predicted molar refractivity (Wildman–Crippen MR) is 43.6 cm³/mol. The third-order valence-electron chi connectivity index (χ3n) is 1.53. The van der Waals surface area contributed by atoms with Crippen LogP contribution in [0.4, 0.5) is 0 Å². The van der Waals surface area contributed by atoms with Gasteiger partial charge < -0.3 is 5.32 Å². The van der Waals surface area contributed by atoms with E-state index in [1.807, 2.05) is 11.8 Å². The molecule has 1 N–H and O–H groups in total. The lowest BCUT2D eigenvalue weighted by Crippen LogP contribution is -2.18. The Hall–Kier alpha value is -0.110. The minimum atomic E-state index is 0.821. The molecule has 0 saturated heterocycles. The lowest BCUT2D eigenvalue weighted by atomic mass is 10.1.